The van der Waals surface area contributed by atoms with Gasteiger partial charge in [0.2, 0.25) is 0 Å². The fourth-order valence-electron chi connectivity index (χ4n) is 1.82. The van der Waals surface area contributed by atoms with E-state index in [1.54, 1.807) is 0 Å². The number of hydrogen-bond donors (Lipinski definition) is 1. The van der Waals surface area contributed by atoms with Gasteiger partial charge in [0.15, 0.2) is 22.2 Å². The van der Waals surface area contributed by atoms with Crippen molar-refractivity contribution in [1.82, 2.24) is 0 Å². The molecule has 2 aromatic carbocycles. The zero-order valence-electron chi connectivity index (χ0n) is 12.7. The lowest BCUT2D eigenvalue weighted by molar-refractivity contribution is 0.0863. The van der Waals surface area contributed by atoms with E-state index < -0.39 is 34.1 Å². The lowest BCUT2D eigenvalue weighted by Crippen LogP contribution is -2.19. The Bertz CT molecular complexity index is 862. The Balaban J connectivity index is 1.92. The molecule has 1 N–H and O–H groups in total. The Hall–Kier alpha value is -2.74. The number of anilines is 1. The van der Waals surface area contributed by atoms with Gasteiger partial charge in [0.25, 0.3) is 0 Å². The van der Waals surface area contributed by atoms with Gasteiger partial charge < -0.3 is 4.74 Å². The predicted molar refractivity (Wildman–Crippen MR) is 85.3 cm³/mol. The van der Waals surface area contributed by atoms with Crippen molar-refractivity contribution in [3.63, 3.8) is 0 Å². The second-order valence-electron chi connectivity index (χ2n) is 4.93. The van der Waals surface area contributed by atoms with Crippen LogP contribution in [-0.4, -0.2) is 33.2 Å². The molecule has 0 saturated carbocycles. The summed E-state index contributed by atoms with van der Waals surface area (Å²) in [5.41, 5.74) is 0.408. The summed E-state index contributed by atoms with van der Waals surface area (Å²) in [7, 11) is -3.35. The molecule has 0 bridgehead atoms. The van der Waals surface area contributed by atoms with Crippen LogP contribution in [0.2, 0.25) is 0 Å². The first-order valence-corrected chi connectivity index (χ1v) is 8.67. The molecular formula is C16H14FNO5S. The maximum Gasteiger partial charge on any atom is 0.412 e. The zero-order chi connectivity index (χ0) is 17.7. The molecule has 2 rings (SSSR count). The fourth-order valence-corrected chi connectivity index (χ4v) is 2.45. The van der Waals surface area contributed by atoms with Gasteiger partial charge in [-0.3, -0.25) is 10.1 Å². The first-order chi connectivity index (χ1) is 11.3. The predicted octanol–water partition coefficient (Wildman–Crippen LogP) is 2.66. The normalized spacial score (nSPS) is 10.9. The molecule has 0 saturated heterocycles. The molecule has 0 aliphatic rings. The monoisotopic (exact) mass is 351 g/mol. The Morgan fingerprint density at radius 1 is 1.12 bits per heavy atom. The molecule has 6 nitrogen and oxygen atoms in total. The van der Waals surface area contributed by atoms with E-state index in [1.807, 2.05) is 0 Å². The van der Waals surface area contributed by atoms with E-state index in [9.17, 15) is 22.4 Å². The van der Waals surface area contributed by atoms with E-state index in [-0.39, 0.29) is 16.1 Å². The minimum atomic E-state index is -3.35. The van der Waals surface area contributed by atoms with Crippen LogP contribution in [0.3, 0.4) is 0 Å². The number of carbonyl (C=O) groups excluding carboxylic acids is 2. The van der Waals surface area contributed by atoms with Gasteiger partial charge in [-0.05, 0) is 42.5 Å². The Labute approximate surface area is 138 Å². The quantitative estimate of drug-likeness (QED) is 0.837. The second-order valence-corrected chi connectivity index (χ2v) is 6.95. The molecule has 0 radical (unpaired) electrons. The maximum atomic E-state index is 13.0. The minimum Gasteiger partial charge on any atom is -0.441 e. The number of nitrogens with one attached hydrogen (secondary N) is 1. The van der Waals surface area contributed by atoms with E-state index in [1.165, 1.54) is 42.5 Å². The molecule has 2 aromatic rings. The van der Waals surface area contributed by atoms with E-state index >= 15 is 0 Å². The molecule has 0 spiro atoms. The van der Waals surface area contributed by atoms with E-state index in [4.69, 9.17) is 4.74 Å². The van der Waals surface area contributed by atoms with Crippen molar-refractivity contribution >= 4 is 27.4 Å². The smallest absolute Gasteiger partial charge is 0.412 e. The van der Waals surface area contributed by atoms with Crippen LogP contribution in [0.1, 0.15) is 10.4 Å². The van der Waals surface area contributed by atoms with Crippen LogP contribution < -0.4 is 5.32 Å². The molecule has 126 valence electrons. The third-order valence-electron chi connectivity index (χ3n) is 3.01. The largest absolute Gasteiger partial charge is 0.441 e. The van der Waals surface area contributed by atoms with Crippen molar-refractivity contribution in [3.05, 3.63) is 59.9 Å². The number of ether oxygens (including phenoxy) is 1. The summed E-state index contributed by atoms with van der Waals surface area (Å²) in [6, 6.07) is 10.5. The van der Waals surface area contributed by atoms with E-state index in [0.717, 1.165) is 12.3 Å². The zero-order valence-corrected chi connectivity index (χ0v) is 13.5. The molecular weight excluding hydrogens is 337 g/mol. The number of sulfone groups is 1. The highest BCUT2D eigenvalue weighted by Crippen LogP contribution is 2.12. The first kappa shape index (κ1) is 17.6. The third kappa shape index (κ3) is 4.88. The number of ketones is 1. The van der Waals surface area contributed by atoms with Gasteiger partial charge in [-0.2, -0.15) is 0 Å². The number of hydrogen-bond acceptors (Lipinski definition) is 5. The van der Waals surface area contributed by atoms with Crippen LogP contribution >= 0.6 is 0 Å². The third-order valence-corrected chi connectivity index (χ3v) is 4.14. The van der Waals surface area contributed by atoms with Crippen LogP contribution in [0.4, 0.5) is 14.9 Å². The van der Waals surface area contributed by atoms with Crippen LogP contribution in [-0.2, 0) is 14.6 Å². The number of rotatable bonds is 5. The lowest BCUT2D eigenvalue weighted by Gasteiger charge is -2.07. The topological polar surface area (TPSA) is 89.5 Å². The van der Waals surface area contributed by atoms with Gasteiger partial charge in [0.1, 0.15) is 5.82 Å². The first-order valence-electron chi connectivity index (χ1n) is 6.78. The molecule has 0 aliphatic carbocycles. The summed E-state index contributed by atoms with van der Waals surface area (Å²) in [5.74, 6) is -1.01. The van der Waals surface area contributed by atoms with Gasteiger partial charge in [-0.25, -0.2) is 17.6 Å². The van der Waals surface area contributed by atoms with Crippen molar-refractivity contribution in [3.8, 4) is 0 Å². The molecule has 0 unspecified atom stereocenters. The highest BCUT2D eigenvalue weighted by Gasteiger charge is 2.12. The van der Waals surface area contributed by atoms with E-state index in [2.05, 4.69) is 5.32 Å². The molecule has 0 aliphatic heterocycles. The molecule has 0 aromatic heterocycles. The molecule has 0 fully saturated rings. The number of Topliss-reactive ketones (excluding diaryl/α,β-unsaturated/α-hetero) is 1. The van der Waals surface area contributed by atoms with Gasteiger partial charge in [0.05, 0.1) is 4.90 Å². The number of benzene rings is 2. The van der Waals surface area contributed by atoms with Crippen LogP contribution in [0.15, 0.2) is 53.4 Å². The summed E-state index contributed by atoms with van der Waals surface area (Å²) in [6.07, 6.45) is 0.158. The number of halogens is 1. The van der Waals surface area contributed by atoms with Crippen LogP contribution in [0, 0.1) is 5.82 Å². The highest BCUT2D eigenvalue weighted by atomic mass is 32.2. The average molecular weight is 351 g/mol. The van der Waals surface area contributed by atoms with Gasteiger partial charge in [-0.1, -0.05) is 6.07 Å². The summed E-state index contributed by atoms with van der Waals surface area (Å²) >= 11 is 0. The van der Waals surface area contributed by atoms with Gasteiger partial charge in [0, 0.05) is 17.5 Å². The summed E-state index contributed by atoms with van der Waals surface area (Å²) in [5, 5.41) is 2.29. The number of carbonyl (C=O) groups is 2. The summed E-state index contributed by atoms with van der Waals surface area (Å²) < 4.78 is 40.4. The molecule has 1 amide bonds. The molecule has 0 atom stereocenters. The lowest BCUT2D eigenvalue weighted by atomic mass is 10.1. The van der Waals surface area contributed by atoms with E-state index in [0.29, 0.717) is 0 Å². The summed E-state index contributed by atoms with van der Waals surface area (Å²) in [6.45, 7) is -0.528. The minimum absolute atomic E-state index is 0.0869. The van der Waals surface area contributed by atoms with Gasteiger partial charge in [-0.15, -0.1) is 0 Å². The Morgan fingerprint density at radius 3 is 2.38 bits per heavy atom. The highest BCUT2D eigenvalue weighted by molar-refractivity contribution is 7.90. The Morgan fingerprint density at radius 2 is 1.79 bits per heavy atom. The van der Waals surface area contributed by atoms with Crippen LogP contribution in [0.25, 0.3) is 0 Å². The van der Waals surface area contributed by atoms with Crippen molar-refractivity contribution in [2.45, 2.75) is 4.90 Å². The standard InChI is InChI=1S/C16H14FNO5S/c1-24(21,22)14-7-5-11(6-8-14)15(19)10-23-16(20)18-13-4-2-3-12(17)9-13/h2-9H,10H2,1H3,(H,18,20). The van der Waals surface area contributed by atoms with Crippen molar-refractivity contribution < 1.29 is 27.1 Å². The maximum absolute atomic E-state index is 13.0. The molecule has 24 heavy (non-hydrogen) atoms. The van der Waals surface area contributed by atoms with Crippen molar-refractivity contribution in [2.75, 3.05) is 18.2 Å². The average Bonchev–Trinajstić information content (AvgIpc) is 2.52. The number of amides is 1. The summed E-state index contributed by atoms with van der Waals surface area (Å²) in [4.78, 5) is 23.5. The molecule has 0 heterocycles. The molecule has 8 heteroatoms. The van der Waals surface area contributed by atoms with Crippen LogP contribution in [0.5, 0.6) is 0 Å². The SMILES string of the molecule is CS(=O)(=O)c1ccc(C(=O)COC(=O)Nc2cccc(F)c2)cc1. The fraction of sp³-hybridized carbons (Fsp3) is 0.125. The van der Waals surface area contributed by atoms with Crippen molar-refractivity contribution in [2.24, 2.45) is 0 Å². The Kier molecular flexibility index (Phi) is 5.30. The van der Waals surface area contributed by atoms with Crippen molar-refractivity contribution in [1.29, 1.82) is 0 Å². The van der Waals surface area contributed by atoms with Gasteiger partial charge >= 0.3 is 6.09 Å². The second kappa shape index (κ2) is 7.22.